The quantitative estimate of drug-likeness (QED) is 0.282. The van der Waals surface area contributed by atoms with Gasteiger partial charge in [-0.25, -0.2) is 0 Å². The number of thioether (sulfide) groups is 1. The van der Waals surface area contributed by atoms with E-state index < -0.39 is 17.3 Å². The van der Waals surface area contributed by atoms with Gasteiger partial charge in [-0.2, -0.15) is 11.8 Å². The Balaban J connectivity index is 1.64. The van der Waals surface area contributed by atoms with Gasteiger partial charge in [-0.05, 0) is 48.9 Å². The first-order valence-electron chi connectivity index (χ1n) is 10.2. The maximum atomic E-state index is 12.5. The highest BCUT2D eigenvalue weighted by Gasteiger charge is 2.41. The summed E-state index contributed by atoms with van der Waals surface area (Å²) in [5, 5.41) is 16.3. The van der Waals surface area contributed by atoms with Gasteiger partial charge in [0, 0.05) is 35.9 Å². The highest BCUT2D eigenvalue weighted by atomic mass is 32.2. The number of carbonyl (C=O) groups is 2. The predicted molar refractivity (Wildman–Crippen MR) is 126 cm³/mol. The molecule has 2 atom stereocenters. The molecule has 1 heterocycles. The van der Waals surface area contributed by atoms with Gasteiger partial charge in [0.2, 0.25) is 5.91 Å². The van der Waals surface area contributed by atoms with E-state index in [1.807, 2.05) is 24.8 Å². The van der Waals surface area contributed by atoms with Crippen LogP contribution in [0.5, 0.6) is 5.75 Å². The molecule has 6 nitrogen and oxygen atoms in total. The Labute approximate surface area is 190 Å². The second kappa shape index (κ2) is 10.3. The predicted octanol–water partition coefficient (Wildman–Crippen LogP) is 3.90. The molecule has 1 amide bonds. The van der Waals surface area contributed by atoms with Crippen LogP contribution in [0, 0.1) is 5.41 Å². The molecular weight excluding hydrogens is 432 g/mol. The maximum Gasteiger partial charge on any atom is 0.308 e. The molecule has 4 N–H and O–H groups in total. The van der Waals surface area contributed by atoms with Gasteiger partial charge in [0.25, 0.3) is 0 Å². The van der Waals surface area contributed by atoms with Crippen molar-refractivity contribution < 1.29 is 19.4 Å². The van der Waals surface area contributed by atoms with E-state index in [1.165, 1.54) is 17.9 Å². The average Bonchev–Trinajstić information content (AvgIpc) is 3.20. The summed E-state index contributed by atoms with van der Waals surface area (Å²) in [5.41, 5.74) is 5.97. The number of benzene rings is 1. The minimum Gasteiger partial charge on any atom is -0.507 e. The first kappa shape index (κ1) is 23.4. The molecule has 0 bridgehead atoms. The molecule has 0 saturated heterocycles. The van der Waals surface area contributed by atoms with Crippen molar-refractivity contribution in [1.29, 1.82) is 0 Å². The minimum absolute atomic E-state index is 0.0251. The van der Waals surface area contributed by atoms with Crippen molar-refractivity contribution in [2.45, 2.75) is 38.5 Å². The summed E-state index contributed by atoms with van der Waals surface area (Å²) in [4.78, 5) is 25.2. The lowest BCUT2D eigenvalue weighted by atomic mass is 9.71. The first-order chi connectivity index (χ1) is 14.8. The van der Waals surface area contributed by atoms with Crippen molar-refractivity contribution in [2.24, 2.45) is 11.1 Å². The van der Waals surface area contributed by atoms with Gasteiger partial charge in [0.1, 0.15) is 11.5 Å². The number of carbonyl (C=O) groups excluding carboxylic acids is 2. The lowest BCUT2D eigenvalue weighted by Gasteiger charge is -2.35. The highest BCUT2D eigenvalue weighted by Crippen LogP contribution is 2.42. The zero-order valence-electron chi connectivity index (χ0n) is 17.7. The summed E-state index contributed by atoms with van der Waals surface area (Å²) in [6.45, 7) is 4.14. The van der Waals surface area contributed by atoms with E-state index in [9.17, 15) is 14.7 Å². The zero-order valence-corrected chi connectivity index (χ0v) is 19.4. The topological polar surface area (TPSA) is 102 Å². The van der Waals surface area contributed by atoms with E-state index in [2.05, 4.69) is 22.8 Å². The number of hydrogen-bond donors (Lipinski definition) is 3. The molecule has 2 unspecified atom stereocenters. The third-order valence-electron chi connectivity index (χ3n) is 5.27. The molecule has 3 rings (SSSR count). The Morgan fingerprint density at radius 3 is 2.84 bits per heavy atom. The number of nitrogens with one attached hydrogen (secondary N) is 1. The van der Waals surface area contributed by atoms with Crippen molar-refractivity contribution in [3.63, 3.8) is 0 Å². The van der Waals surface area contributed by atoms with Gasteiger partial charge in [0.05, 0.1) is 11.0 Å². The van der Waals surface area contributed by atoms with Crippen molar-refractivity contribution in [2.75, 3.05) is 12.3 Å². The van der Waals surface area contributed by atoms with Gasteiger partial charge < -0.3 is 20.9 Å². The van der Waals surface area contributed by atoms with Crippen molar-refractivity contribution >= 4 is 40.7 Å². The van der Waals surface area contributed by atoms with Crippen LogP contribution in [0.3, 0.4) is 0 Å². The van der Waals surface area contributed by atoms with Crippen LogP contribution in [0.4, 0.5) is 0 Å². The van der Waals surface area contributed by atoms with E-state index in [0.29, 0.717) is 18.4 Å². The monoisotopic (exact) mass is 460 g/mol. The smallest absolute Gasteiger partial charge is 0.308 e. The van der Waals surface area contributed by atoms with E-state index in [-0.39, 0.29) is 17.6 Å². The van der Waals surface area contributed by atoms with Gasteiger partial charge >= 0.3 is 5.97 Å². The lowest BCUT2D eigenvalue weighted by molar-refractivity contribution is -0.132. The summed E-state index contributed by atoms with van der Waals surface area (Å²) in [6.07, 6.45) is 2.32. The van der Waals surface area contributed by atoms with Crippen LogP contribution in [-0.2, 0) is 21.8 Å². The van der Waals surface area contributed by atoms with Gasteiger partial charge in [-0.1, -0.05) is 18.2 Å². The van der Waals surface area contributed by atoms with Gasteiger partial charge in [-0.15, -0.1) is 11.3 Å². The number of hydrogen-bond acceptors (Lipinski definition) is 7. The van der Waals surface area contributed by atoms with Crippen molar-refractivity contribution in [3.05, 3.63) is 57.8 Å². The Morgan fingerprint density at radius 2 is 2.16 bits per heavy atom. The number of primary amides is 1. The lowest BCUT2D eigenvalue weighted by Crippen LogP contribution is -2.44. The van der Waals surface area contributed by atoms with E-state index in [1.54, 1.807) is 23.5 Å². The number of aliphatic hydroxyl groups excluding tert-OH is 1. The van der Waals surface area contributed by atoms with E-state index in [0.717, 1.165) is 23.6 Å². The number of thiophene rings is 1. The average molecular weight is 461 g/mol. The highest BCUT2D eigenvalue weighted by molar-refractivity contribution is 7.98. The SMILES string of the molecule is CC(=O)Oc1cccc2c1C(O)=CC(CC(C)NCCSCc1cccs1)(C(N)=O)C2. The maximum absolute atomic E-state index is 12.5. The number of aliphatic hydroxyl groups is 1. The molecule has 1 aromatic carbocycles. The number of amides is 1. The number of esters is 1. The standard InChI is InChI=1S/C23H28N2O4S2/c1-15(25-8-10-30-14-18-6-4-9-31-18)11-23(22(24)28)12-17-5-3-7-20(29-16(2)26)21(17)19(27)13-23/h3-7,9,13,15,25,27H,8,10-12,14H2,1-2H3,(H2,24,28). The van der Waals surface area contributed by atoms with Crippen LogP contribution in [0.1, 0.15) is 36.3 Å². The molecule has 0 aliphatic heterocycles. The Hall–Kier alpha value is -2.29. The molecule has 2 aromatic rings. The molecule has 31 heavy (non-hydrogen) atoms. The second-order valence-corrected chi connectivity index (χ2v) is 9.94. The Kier molecular flexibility index (Phi) is 7.80. The van der Waals surface area contributed by atoms with E-state index >= 15 is 0 Å². The number of fused-ring (bicyclic) bond motifs is 1. The van der Waals surface area contributed by atoms with Crippen LogP contribution in [-0.4, -0.2) is 35.3 Å². The van der Waals surface area contributed by atoms with Crippen LogP contribution in [0.25, 0.3) is 5.76 Å². The molecule has 1 aromatic heterocycles. The van der Waals surface area contributed by atoms with Crippen LogP contribution >= 0.6 is 23.1 Å². The molecular formula is C23H28N2O4S2. The summed E-state index contributed by atoms with van der Waals surface area (Å²) < 4.78 is 5.23. The molecule has 8 heteroatoms. The molecule has 0 saturated carbocycles. The van der Waals surface area contributed by atoms with Gasteiger partial charge in [-0.3, -0.25) is 9.59 Å². The fourth-order valence-corrected chi connectivity index (χ4v) is 5.65. The van der Waals surface area contributed by atoms with Crippen LogP contribution in [0.15, 0.2) is 41.8 Å². The van der Waals surface area contributed by atoms with Crippen LogP contribution < -0.4 is 15.8 Å². The first-order valence-corrected chi connectivity index (χ1v) is 12.2. The summed E-state index contributed by atoms with van der Waals surface area (Å²) in [6, 6.07) is 9.41. The minimum atomic E-state index is -1.01. The third kappa shape index (κ3) is 5.90. The molecule has 1 aliphatic rings. The zero-order chi connectivity index (χ0) is 22.4. The van der Waals surface area contributed by atoms with Gasteiger partial charge in [0.15, 0.2) is 0 Å². The Morgan fingerprint density at radius 1 is 1.35 bits per heavy atom. The Bertz CT molecular complexity index is 958. The summed E-state index contributed by atoms with van der Waals surface area (Å²) in [7, 11) is 0. The summed E-state index contributed by atoms with van der Waals surface area (Å²) in [5.74, 6) is 1.20. The summed E-state index contributed by atoms with van der Waals surface area (Å²) >= 11 is 3.63. The van der Waals surface area contributed by atoms with Crippen LogP contribution in [0.2, 0.25) is 0 Å². The third-order valence-corrected chi connectivity index (χ3v) is 7.33. The molecule has 1 aliphatic carbocycles. The number of rotatable bonds is 10. The van der Waals surface area contributed by atoms with Crippen molar-refractivity contribution in [1.82, 2.24) is 5.32 Å². The normalized spacial score (nSPS) is 18.7. The molecule has 0 spiro atoms. The fourth-order valence-electron chi connectivity index (χ4n) is 3.93. The molecule has 166 valence electrons. The largest absolute Gasteiger partial charge is 0.507 e. The number of nitrogens with two attached hydrogens (primary N) is 1. The number of ether oxygens (including phenoxy) is 1. The van der Waals surface area contributed by atoms with E-state index in [4.69, 9.17) is 10.5 Å². The molecule has 0 fully saturated rings. The van der Waals surface area contributed by atoms with Crippen molar-refractivity contribution in [3.8, 4) is 5.75 Å². The molecule has 0 radical (unpaired) electrons. The fraction of sp³-hybridized carbons (Fsp3) is 0.391. The second-order valence-electron chi connectivity index (χ2n) is 7.80.